The molecular weight excluding hydrogens is 525 g/mol. The van der Waals surface area contributed by atoms with Gasteiger partial charge in [0.2, 0.25) is 0 Å². The summed E-state index contributed by atoms with van der Waals surface area (Å²) in [6.07, 6.45) is 6.81. The zero-order valence-corrected chi connectivity index (χ0v) is 25.8. The Hall–Kier alpha value is -2.78. The SMILES string of the molecule is CCc1ccc2c(c1)CCC(C1CC1)N2Sc1ccc(OCc2c(C)nnn2C[Si](C)(C)C)c(C(=O)OC)c1. The van der Waals surface area contributed by atoms with Crippen molar-refractivity contribution in [2.75, 3.05) is 11.4 Å². The molecule has 1 aliphatic carbocycles. The zero-order chi connectivity index (χ0) is 27.7. The van der Waals surface area contributed by atoms with Gasteiger partial charge in [-0.05, 0) is 92.3 Å². The molecule has 9 heteroatoms. The van der Waals surface area contributed by atoms with E-state index in [0.717, 1.165) is 41.2 Å². The number of benzene rings is 2. The Bertz CT molecular complexity index is 1350. The van der Waals surface area contributed by atoms with E-state index in [4.69, 9.17) is 9.47 Å². The highest BCUT2D eigenvalue weighted by molar-refractivity contribution is 8.00. The average molecular weight is 565 g/mol. The molecule has 0 bridgehead atoms. The second-order valence-electron chi connectivity index (χ2n) is 12.0. The van der Waals surface area contributed by atoms with E-state index in [9.17, 15) is 4.79 Å². The van der Waals surface area contributed by atoms with Gasteiger partial charge in [-0.2, -0.15) is 0 Å². The third-order valence-electron chi connectivity index (χ3n) is 7.55. The molecule has 7 nitrogen and oxygen atoms in total. The molecule has 1 aromatic heterocycles. The van der Waals surface area contributed by atoms with Crippen LogP contribution in [0.5, 0.6) is 5.75 Å². The molecule has 0 spiro atoms. The first-order valence-electron chi connectivity index (χ1n) is 14.0. The monoisotopic (exact) mass is 564 g/mol. The molecule has 1 unspecified atom stereocenters. The van der Waals surface area contributed by atoms with Crippen LogP contribution in [0.3, 0.4) is 0 Å². The van der Waals surface area contributed by atoms with Crippen molar-refractivity contribution in [1.29, 1.82) is 0 Å². The van der Waals surface area contributed by atoms with Crippen molar-refractivity contribution in [2.45, 2.75) is 89.3 Å². The summed E-state index contributed by atoms with van der Waals surface area (Å²) in [6.45, 7) is 11.4. The Morgan fingerprint density at radius 2 is 1.92 bits per heavy atom. The van der Waals surface area contributed by atoms with Crippen molar-refractivity contribution in [3.8, 4) is 5.75 Å². The van der Waals surface area contributed by atoms with Crippen molar-refractivity contribution in [3.63, 3.8) is 0 Å². The van der Waals surface area contributed by atoms with Gasteiger partial charge in [0.05, 0.1) is 32.3 Å². The molecule has 1 atom stereocenters. The van der Waals surface area contributed by atoms with Crippen molar-refractivity contribution >= 4 is 31.7 Å². The third kappa shape index (κ3) is 6.35. The molecule has 39 heavy (non-hydrogen) atoms. The summed E-state index contributed by atoms with van der Waals surface area (Å²) in [5.41, 5.74) is 6.34. The van der Waals surface area contributed by atoms with E-state index in [-0.39, 0.29) is 0 Å². The fourth-order valence-corrected chi connectivity index (χ4v) is 7.66. The van der Waals surface area contributed by atoms with Crippen molar-refractivity contribution < 1.29 is 14.3 Å². The van der Waals surface area contributed by atoms with E-state index < -0.39 is 14.0 Å². The largest absolute Gasteiger partial charge is 0.486 e. The molecule has 0 saturated heterocycles. The summed E-state index contributed by atoms with van der Waals surface area (Å²) in [7, 11) is 0.0102. The van der Waals surface area contributed by atoms with Crippen molar-refractivity contribution in [1.82, 2.24) is 15.0 Å². The predicted molar refractivity (Wildman–Crippen MR) is 159 cm³/mol. The van der Waals surface area contributed by atoms with Gasteiger partial charge >= 0.3 is 5.97 Å². The summed E-state index contributed by atoms with van der Waals surface area (Å²) in [5, 5.41) is 8.62. The quantitative estimate of drug-likeness (QED) is 0.155. The fraction of sp³-hybridized carbons (Fsp3) is 0.500. The number of aryl methyl sites for hydroxylation is 3. The average Bonchev–Trinajstić information content (AvgIpc) is 3.70. The summed E-state index contributed by atoms with van der Waals surface area (Å²) >= 11 is 1.73. The molecule has 0 N–H and O–H groups in total. The number of ether oxygens (including phenoxy) is 2. The lowest BCUT2D eigenvalue weighted by Gasteiger charge is -2.38. The van der Waals surface area contributed by atoms with E-state index >= 15 is 0 Å². The highest BCUT2D eigenvalue weighted by Crippen LogP contribution is 2.47. The van der Waals surface area contributed by atoms with Gasteiger partial charge < -0.3 is 13.8 Å². The van der Waals surface area contributed by atoms with Gasteiger partial charge in [0.25, 0.3) is 0 Å². The lowest BCUT2D eigenvalue weighted by atomic mass is 9.93. The number of nitrogens with zero attached hydrogens (tertiary/aromatic N) is 4. The Labute approximate surface area is 237 Å². The lowest BCUT2D eigenvalue weighted by molar-refractivity contribution is 0.0595. The predicted octanol–water partition coefficient (Wildman–Crippen LogP) is 6.63. The van der Waals surface area contributed by atoms with Crippen LogP contribution in [-0.4, -0.2) is 42.2 Å². The molecule has 1 saturated carbocycles. The van der Waals surface area contributed by atoms with Crippen LogP contribution >= 0.6 is 11.9 Å². The van der Waals surface area contributed by atoms with E-state index in [0.29, 0.717) is 24.0 Å². The van der Waals surface area contributed by atoms with Crippen LogP contribution in [0, 0.1) is 12.8 Å². The second kappa shape index (κ2) is 11.4. The highest BCUT2D eigenvalue weighted by Gasteiger charge is 2.39. The zero-order valence-electron chi connectivity index (χ0n) is 24.0. The minimum absolute atomic E-state index is 0.294. The second-order valence-corrected chi connectivity index (χ2v) is 18.4. The molecule has 1 aliphatic heterocycles. The summed E-state index contributed by atoms with van der Waals surface area (Å²) in [6, 6.07) is 13.3. The Morgan fingerprint density at radius 1 is 1.13 bits per heavy atom. The number of fused-ring (bicyclic) bond motifs is 1. The van der Waals surface area contributed by atoms with Crippen LogP contribution in [0.15, 0.2) is 41.3 Å². The molecule has 5 rings (SSSR count). The molecule has 2 aliphatic rings. The van der Waals surface area contributed by atoms with E-state index in [2.05, 4.69) is 65.4 Å². The molecule has 0 amide bonds. The minimum Gasteiger partial charge on any atom is -0.486 e. The van der Waals surface area contributed by atoms with Crippen molar-refractivity contribution in [2.24, 2.45) is 5.92 Å². The van der Waals surface area contributed by atoms with E-state index in [1.807, 2.05) is 23.7 Å². The molecule has 208 valence electrons. The number of carbonyl (C=O) groups excluding carboxylic acids is 1. The maximum absolute atomic E-state index is 12.9. The normalized spacial score (nSPS) is 17.2. The Kier molecular flexibility index (Phi) is 8.10. The summed E-state index contributed by atoms with van der Waals surface area (Å²) < 4.78 is 15.8. The number of hydrogen-bond acceptors (Lipinski definition) is 7. The fourth-order valence-electron chi connectivity index (χ4n) is 5.29. The number of esters is 1. The first kappa shape index (κ1) is 27.8. The van der Waals surface area contributed by atoms with Crippen LogP contribution in [0.25, 0.3) is 0 Å². The van der Waals surface area contributed by atoms with Crippen LogP contribution in [-0.2, 0) is 30.4 Å². The number of anilines is 1. The standard InChI is InChI=1S/C30H40N4O3SSi/c1-7-21-8-13-27-23(16-21)11-14-26(22-9-10-22)34(27)38-24-12-15-29(25(17-24)30(35)36-3)37-18-28-20(2)31-32-33(28)19-39(4,5)6/h8,12-13,15-17,22,26H,7,9-11,14,18-19H2,1-6H3. The van der Waals surface area contributed by atoms with Gasteiger partial charge in [0, 0.05) is 17.1 Å². The Balaban J connectivity index is 1.40. The number of aromatic nitrogens is 3. The van der Waals surface area contributed by atoms with E-state index in [1.165, 1.54) is 43.2 Å². The highest BCUT2D eigenvalue weighted by atomic mass is 32.2. The topological polar surface area (TPSA) is 69.5 Å². The number of hydrogen-bond donors (Lipinski definition) is 0. The number of methoxy groups -OCH3 is 1. The maximum Gasteiger partial charge on any atom is 0.341 e. The van der Waals surface area contributed by atoms with Gasteiger partial charge in [0.15, 0.2) is 0 Å². The first-order valence-corrected chi connectivity index (χ1v) is 18.5. The van der Waals surface area contributed by atoms with Gasteiger partial charge in [-0.3, -0.25) is 0 Å². The molecule has 1 fully saturated rings. The molecule has 2 heterocycles. The number of rotatable bonds is 10. The molecule has 0 radical (unpaired) electrons. The molecule has 2 aromatic carbocycles. The number of carbonyl (C=O) groups is 1. The Morgan fingerprint density at radius 3 is 2.62 bits per heavy atom. The van der Waals surface area contributed by atoms with Crippen LogP contribution in [0.1, 0.15) is 59.1 Å². The smallest absolute Gasteiger partial charge is 0.341 e. The maximum atomic E-state index is 12.9. The summed E-state index contributed by atoms with van der Waals surface area (Å²) in [5.74, 6) is 0.858. The van der Waals surface area contributed by atoms with Crippen LogP contribution in [0.2, 0.25) is 19.6 Å². The van der Waals surface area contributed by atoms with Crippen LogP contribution in [0.4, 0.5) is 5.69 Å². The first-order chi connectivity index (χ1) is 18.7. The van der Waals surface area contributed by atoms with Gasteiger partial charge in [-0.25, -0.2) is 9.48 Å². The summed E-state index contributed by atoms with van der Waals surface area (Å²) in [4.78, 5) is 13.9. The van der Waals surface area contributed by atoms with E-state index in [1.54, 1.807) is 11.9 Å². The van der Waals surface area contributed by atoms with Gasteiger partial charge in [-0.15, -0.1) is 5.10 Å². The van der Waals surface area contributed by atoms with Crippen molar-refractivity contribution in [3.05, 3.63) is 64.5 Å². The molecule has 3 aromatic rings. The third-order valence-corrected chi connectivity index (χ3v) is 9.92. The van der Waals surface area contributed by atoms with Crippen LogP contribution < -0.4 is 9.04 Å². The lowest BCUT2D eigenvalue weighted by Crippen LogP contribution is -2.35. The van der Waals surface area contributed by atoms with Gasteiger partial charge in [-0.1, -0.05) is 43.9 Å². The van der Waals surface area contributed by atoms with Gasteiger partial charge in [0.1, 0.15) is 17.9 Å². The minimum atomic E-state index is -1.40. The molecular formula is C30H40N4O3SSi.